The lowest BCUT2D eigenvalue weighted by molar-refractivity contribution is -0.344. The highest BCUT2D eigenvalue weighted by molar-refractivity contribution is 6.31. The predicted molar refractivity (Wildman–Crippen MR) is 93.8 cm³/mol. The van der Waals surface area contributed by atoms with E-state index in [2.05, 4.69) is 10.3 Å². The molecule has 1 heterocycles. The molecule has 0 spiro atoms. The number of nitrogens with zero attached hydrogens (tertiary/aromatic N) is 1. The van der Waals surface area contributed by atoms with Crippen LogP contribution in [0, 0.1) is 5.82 Å². The number of hydrogen-bond acceptors (Lipinski definition) is 2. The fraction of sp³-hybridized carbons (Fsp3) is 0.111. The molecule has 6 heteroatoms. The first-order valence-electron chi connectivity index (χ1n) is 7.39. The number of nitrogens with one attached hydrogen (secondary N) is 2. The number of fused-ring (bicyclic) bond motifs is 1. The molecule has 2 aromatic carbocycles. The van der Waals surface area contributed by atoms with E-state index in [9.17, 15) is 9.18 Å². The largest absolute Gasteiger partial charge is 0.364 e. The summed E-state index contributed by atoms with van der Waals surface area (Å²) < 4.78 is 12.9. The molecule has 0 aliphatic heterocycles. The van der Waals surface area contributed by atoms with Crippen LogP contribution < -0.4 is 15.2 Å². The van der Waals surface area contributed by atoms with Gasteiger partial charge in [0.1, 0.15) is 5.82 Å². The number of rotatable bonds is 4. The fourth-order valence-electron chi connectivity index (χ4n) is 2.53. The molecule has 0 aliphatic rings. The van der Waals surface area contributed by atoms with E-state index in [4.69, 9.17) is 11.6 Å². The number of aromatic nitrogens is 1. The second kappa shape index (κ2) is 6.84. The van der Waals surface area contributed by atoms with Gasteiger partial charge < -0.3 is 10.2 Å². The number of halogens is 2. The molecule has 1 amide bonds. The average Bonchev–Trinajstić information content (AvgIpc) is 2.56. The number of H-pyrrole nitrogens is 1. The van der Waals surface area contributed by atoms with Gasteiger partial charge in [-0.1, -0.05) is 11.6 Å². The number of benzene rings is 2. The van der Waals surface area contributed by atoms with Crippen LogP contribution in [0.15, 0.2) is 54.7 Å². The monoisotopic (exact) mass is 344 g/mol. The fourth-order valence-corrected chi connectivity index (χ4v) is 2.70. The number of aromatic amines is 1. The summed E-state index contributed by atoms with van der Waals surface area (Å²) in [6.45, 7) is 0.166. The zero-order chi connectivity index (χ0) is 17.1. The van der Waals surface area contributed by atoms with E-state index in [1.54, 1.807) is 0 Å². The van der Waals surface area contributed by atoms with Crippen LogP contribution >= 0.6 is 11.6 Å². The van der Waals surface area contributed by atoms with Crippen LogP contribution in [0.25, 0.3) is 10.9 Å². The smallest absolute Gasteiger partial charge is 0.243 e. The first kappa shape index (κ1) is 16.2. The Bertz CT molecular complexity index is 883. The lowest BCUT2D eigenvalue weighted by Gasteiger charge is -2.19. The number of hydrogen-bond donors (Lipinski definition) is 1. The molecule has 1 aromatic heterocycles. The molecule has 0 aliphatic carbocycles. The zero-order valence-electron chi connectivity index (χ0n) is 13.0. The minimum atomic E-state index is -0.337. The molecular formula is C18H16ClFN3O+. The Hall–Kier alpha value is -2.66. The summed E-state index contributed by atoms with van der Waals surface area (Å²) in [5, 5.41) is 4.37. The van der Waals surface area contributed by atoms with Gasteiger partial charge in [0.05, 0.1) is 17.6 Å². The Labute approximate surface area is 143 Å². The Balaban J connectivity index is 1.76. The molecule has 0 radical (unpaired) electrons. The van der Waals surface area contributed by atoms with Crippen molar-refractivity contribution in [1.29, 1.82) is 0 Å². The average molecular weight is 345 g/mol. The molecule has 3 rings (SSSR count). The number of carbonyl (C=O) groups excluding carboxylic acids is 1. The molecule has 2 N–H and O–H groups in total. The number of anilines is 2. The van der Waals surface area contributed by atoms with Gasteiger partial charge in [0, 0.05) is 29.9 Å². The van der Waals surface area contributed by atoms with Gasteiger partial charge in [-0.25, -0.2) is 9.37 Å². The maximum atomic E-state index is 12.9. The van der Waals surface area contributed by atoms with Gasteiger partial charge in [-0.2, -0.15) is 0 Å². The van der Waals surface area contributed by atoms with Crippen molar-refractivity contribution in [2.45, 2.75) is 0 Å². The zero-order valence-corrected chi connectivity index (χ0v) is 13.8. The van der Waals surface area contributed by atoms with Gasteiger partial charge in [0.25, 0.3) is 0 Å². The molecule has 0 unspecified atom stereocenters. The van der Waals surface area contributed by atoms with Crippen LogP contribution in [0.1, 0.15) is 0 Å². The molecule has 0 saturated carbocycles. The third-order valence-electron chi connectivity index (χ3n) is 3.66. The van der Waals surface area contributed by atoms with E-state index in [1.807, 2.05) is 42.4 Å². The Morgan fingerprint density at radius 2 is 1.96 bits per heavy atom. The molecular weight excluding hydrogens is 329 g/mol. The number of carbonyl (C=O) groups is 1. The van der Waals surface area contributed by atoms with E-state index in [1.165, 1.54) is 24.3 Å². The van der Waals surface area contributed by atoms with Crippen molar-refractivity contribution >= 4 is 39.8 Å². The van der Waals surface area contributed by atoms with Gasteiger partial charge in [0.2, 0.25) is 11.4 Å². The molecule has 24 heavy (non-hydrogen) atoms. The molecule has 0 saturated heterocycles. The molecule has 122 valence electrons. The highest BCUT2D eigenvalue weighted by Gasteiger charge is 2.13. The Morgan fingerprint density at radius 3 is 2.71 bits per heavy atom. The lowest BCUT2D eigenvalue weighted by atomic mass is 10.1. The summed E-state index contributed by atoms with van der Waals surface area (Å²) in [5.41, 5.74) is 2.37. The molecule has 4 nitrogen and oxygen atoms in total. The van der Waals surface area contributed by atoms with E-state index in [0.29, 0.717) is 10.7 Å². The third kappa shape index (κ3) is 3.63. The summed E-state index contributed by atoms with van der Waals surface area (Å²) in [4.78, 5) is 17.2. The molecule has 0 atom stereocenters. The Morgan fingerprint density at radius 1 is 1.21 bits per heavy atom. The predicted octanol–water partition coefficient (Wildman–Crippen LogP) is 3.52. The van der Waals surface area contributed by atoms with Gasteiger partial charge in [-0.05, 0) is 36.4 Å². The van der Waals surface area contributed by atoms with Crippen molar-refractivity contribution in [3.63, 3.8) is 0 Å². The van der Waals surface area contributed by atoms with E-state index in [0.717, 1.165) is 16.6 Å². The lowest BCUT2D eigenvalue weighted by Crippen LogP contribution is -2.30. The molecule has 3 aromatic rings. The maximum Gasteiger partial charge on any atom is 0.243 e. The third-order valence-corrected chi connectivity index (χ3v) is 3.89. The van der Waals surface area contributed by atoms with Crippen LogP contribution in [0.4, 0.5) is 15.8 Å². The van der Waals surface area contributed by atoms with Gasteiger partial charge in [-0.3, -0.25) is 4.79 Å². The van der Waals surface area contributed by atoms with Gasteiger partial charge >= 0.3 is 0 Å². The maximum absolute atomic E-state index is 12.9. The number of likely N-dealkylation sites (N-methyl/N-ethyl adjacent to an activating group) is 1. The first-order valence-corrected chi connectivity index (χ1v) is 7.77. The summed E-state index contributed by atoms with van der Waals surface area (Å²) in [6.07, 6.45) is 1.81. The van der Waals surface area contributed by atoms with Crippen LogP contribution in [0.2, 0.25) is 5.02 Å². The van der Waals surface area contributed by atoms with Crippen molar-refractivity contribution in [3.8, 4) is 0 Å². The van der Waals surface area contributed by atoms with Crippen LogP contribution in [0.5, 0.6) is 0 Å². The van der Waals surface area contributed by atoms with E-state index >= 15 is 0 Å². The van der Waals surface area contributed by atoms with Crippen molar-refractivity contribution in [3.05, 3.63) is 65.6 Å². The second-order valence-electron chi connectivity index (χ2n) is 5.46. The first-order chi connectivity index (χ1) is 11.5. The second-order valence-corrected chi connectivity index (χ2v) is 5.90. The summed E-state index contributed by atoms with van der Waals surface area (Å²) in [5.74, 6) is -0.519. The molecule has 0 bridgehead atoms. The summed E-state index contributed by atoms with van der Waals surface area (Å²) in [7, 11) is 1.84. The quantitative estimate of drug-likeness (QED) is 0.787. The van der Waals surface area contributed by atoms with Crippen molar-refractivity contribution < 1.29 is 14.2 Å². The van der Waals surface area contributed by atoms with E-state index < -0.39 is 0 Å². The van der Waals surface area contributed by atoms with Gasteiger partial charge in [-0.15, -0.1) is 0 Å². The van der Waals surface area contributed by atoms with Crippen molar-refractivity contribution in [2.24, 2.45) is 0 Å². The van der Waals surface area contributed by atoms with Crippen molar-refractivity contribution in [1.82, 2.24) is 0 Å². The Kier molecular flexibility index (Phi) is 4.62. The minimum absolute atomic E-state index is 0.166. The minimum Gasteiger partial charge on any atom is -0.364 e. The highest BCUT2D eigenvalue weighted by Crippen LogP contribution is 2.25. The highest BCUT2D eigenvalue weighted by atomic mass is 35.5. The van der Waals surface area contributed by atoms with Crippen molar-refractivity contribution in [2.75, 3.05) is 23.8 Å². The normalized spacial score (nSPS) is 10.6. The van der Waals surface area contributed by atoms with Crippen LogP contribution in [-0.2, 0) is 4.79 Å². The van der Waals surface area contributed by atoms with Gasteiger partial charge in [0.15, 0.2) is 6.20 Å². The molecule has 0 fully saturated rings. The SMILES string of the molecule is CN(CC(=O)Nc1ccc(F)cc1)c1cc[nH+]c2cc(Cl)ccc12. The van der Waals surface area contributed by atoms with Crippen LogP contribution in [-0.4, -0.2) is 19.5 Å². The standard InChI is InChI=1S/C18H15ClFN3O/c1-23(11-18(24)22-14-5-3-13(20)4-6-14)17-8-9-21-16-10-12(19)2-7-15(16)17/h2-10H,11H2,1H3,(H,22,24)/p+1. The summed E-state index contributed by atoms with van der Waals surface area (Å²) >= 11 is 6.01. The summed E-state index contributed by atoms with van der Waals surface area (Å²) in [6, 6.07) is 13.1. The van der Waals surface area contributed by atoms with E-state index in [-0.39, 0.29) is 18.3 Å². The van der Waals surface area contributed by atoms with Crippen LogP contribution in [0.3, 0.4) is 0 Å². The topological polar surface area (TPSA) is 46.5 Å². The number of pyridine rings is 1. The number of amides is 1.